The highest BCUT2D eigenvalue weighted by atomic mass is 32.2. The molecule has 7 heteroatoms. The molecule has 0 saturated carbocycles. The first-order chi connectivity index (χ1) is 8.46. The molecule has 2 heterocycles. The van der Waals surface area contributed by atoms with E-state index in [4.69, 9.17) is 0 Å². The molecule has 0 aromatic carbocycles. The average molecular weight is 275 g/mol. The van der Waals surface area contributed by atoms with E-state index >= 15 is 0 Å². The minimum atomic E-state index is -2.92. The Balaban J connectivity index is 1.75. The number of likely N-dealkylation sites (N-methyl/N-ethyl adjacent to an activating group) is 1. The molecule has 6 nitrogen and oxygen atoms in total. The van der Waals surface area contributed by atoms with Crippen LogP contribution in [0.1, 0.15) is 12.8 Å². The largest absolute Gasteiger partial charge is 0.351 e. The molecule has 2 N–H and O–H groups in total. The van der Waals surface area contributed by atoms with Crippen LogP contribution < -0.4 is 10.6 Å². The number of nitrogens with one attached hydrogen (secondary N) is 2. The van der Waals surface area contributed by atoms with Gasteiger partial charge < -0.3 is 10.6 Å². The average Bonchev–Trinajstić information content (AvgIpc) is 2.87. The van der Waals surface area contributed by atoms with Crippen LogP contribution in [0.5, 0.6) is 0 Å². The second-order valence-electron chi connectivity index (χ2n) is 5.23. The molecular weight excluding hydrogens is 254 g/mol. The number of amides is 1. The normalized spacial score (nSPS) is 30.8. The fourth-order valence-corrected chi connectivity index (χ4v) is 4.23. The smallest absolute Gasteiger partial charge is 0.234 e. The highest BCUT2D eigenvalue weighted by Gasteiger charge is 2.29. The van der Waals surface area contributed by atoms with Gasteiger partial charge in [-0.2, -0.15) is 0 Å². The standard InChI is InChI=1S/C11H21N3O3S/c1-14(10-2-4-12-6-10)7-11(15)13-9-3-5-18(16,17)8-9/h9-10,12H,2-8H2,1H3,(H,13,15). The van der Waals surface area contributed by atoms with Crippen molar-refractivity contribution in [3.05, 3.63) is 0 Å². The van der Waals surface area contributed by atoms with Crippen LogP contribution in [0.15, 0.2) is 0 Å². The lowest BCUT2D eigenvalue weighted by Gasteiger charge is -2.23. The molecule has 0 spiro atoms. The van der Waals surface area contributed by atoms with Gasteiger partial charge in [-0.3, -0.25) is 9.69 Å². The molecule has 0 aliphatic carbocycles. The Morgan fingerprint density at radius 2 is 2.22 bits per heavy atom. The molecule has 0 aromatic rings. The van der Waals surface area contributed by atoms with Gasteiger partial charge in [-0.05, 0) is 26.4 Å². The fourth-order valence-electron chi connectivity index (χ4n) is 2.55. The summed E-state index contributed by atoms with van der Waals surface area (Å²) in [4.78, 5) is 13.8. The number of sulfone groups is 1. The molecule has 2 atom stereocenters. The number of carbonyl (C=O) groups excluding carboxylic acids is 1. The van der Waals surface area contributed by atoms with E-state index in [9.17, 15) is 13.2 Å². The predicted molar refractivity (Wildman–Crippen MR) is 69.1 cm³/mol. The summed E-state index contributed by atoms with van der Waals surface area (Å²) >= 11 is 0. The summed E-state index contributed by atoms with van der Waals surface area (Å²) in [6.45, 7) is 2.25. The first kappa shape index (κ1) is 13.8. The highest BCUT2D eigenvalue weighted by molar-refractivity contribution is 7.91. The Morgan fingerprint density at radius 3 is 2.78 bits per heavy atom. The van der Waals surface area contributed by atoms with E-state index in [0.29, 0.717) is 19.0 Å². The van der Waals surface area contributed by atoms with Crippen molar-refractivity contribution in [2.24, 2.45) is 0 Å². The summed E-state index contributed by atoms with van der Waals surface area (Å²) in [5.74, 6) is 0.208. The first-order valence-electron chi connectivity index (χ1n) is 6.37. The van der Waals surface area contributed by atoms with Crippen LogP contribution in [0.3, 0.4) is 0 Å². The Hall–Kier alpha value is -0.660. The SMILES string of the molecule is CN(CC(=O)NC1CCS(=O)(=O)C1)C1CCNC1. The van der Waals surface area contributed by atoms with E-state index in [1.54, 1.807) is 0 Å². The van der Waals surface area contributed by atoms with E-state index < -0.39 is 9.84 Å². The molecule has 18 heavy (non-hydrogen) atoms. The first-order valence-corrected chi connectivity index (χ1v) is 8.19. The van der Waals surface area contributed by atoms with Gasteiger partial charge in [-0.25, -0.2) is 8.42 Å². The van der Waals surface area contributed by atoms with Gasteiger partial charge in [-0.1, -0.05) is 0 Å². The molecule has 2 aliphatic rings. The van der Waals surface area contributed by atoms with Crippen LogP contribution in [0, 0.1) is 0 Å². The van der Waals surface area contributed by atoms with Gasteiger partial charge in [0, 0.05) is 18.6 Å². The van der Waals surface area contributed by atoms with Gasteiger partial charge in [0.25, 0.3) is 0 Å². The summed E-state index contributed by atoms with van der Waals surface area (Å²) < 4.78 is 22.6. The Kier molecular flexibility index (Phi) is 4.24. The van der Waals surface area contributed by atoms with Crippen molar-refractivity contribution in [1.29, 1.82) is 0 Å². The second kappa shape index (κ2) is 5.54. The van der Waals surface area contributed by atoms with Crippen molar-refractivity contribution < 1.29 is 13.2 Å². The lowest BCUT2D eigenvalue weighted by molar-refractivity contribution is -0.122. The number of hydrogen-bond acceptors (Lipinski definition) is 5. The van der Waals surface area contributed by atoms with Gasteiger partial charge in [0.1, 0.15) is 0 Å². The predicted octanol–water partition coefficient (Wildman–Crippen LogP) is -1.42. The van der Waals surface area contributed by atoms with Crippen LogP contribution in [0.25, 0.3) is 0 Å². The van der Waals surface area contributed by atoms with Crippen LogP contribution >= 0.6 is 0 Å². The van der Waals surface area contributed by atoms with Crippen LogP contribution in [-0.2, 0) is 14.6 Å². The summed E-state index contributed by atoms with van der Waals surface area (Å²) in [5.41, 5.74) is 0. The zero-order chi connectivity index (χ0) is 13.2. The molecule has 2 rings (SSSR count). The van der Waals surface area contributed by atoms with Crippen molar-refractivity contribution in [3.63, 3.8) is 0 Å². The molecule has 104 valence electrons. The number of carbonyl (C=O) groups is 1. The Bertz CT molecular complexity index is 404. The maximum absolute atomic E-state index is 11.8. The molecular formula is C11H21N3O3S. The zero-order valence-corrected chi connectivity index (χ0v) is 11.5. The van der Waals surface area contributed by atoms with Crippen molar-refractivity contribution in [2.45, 2.75) is 24.9 Å². The van der Waals surface area contributed by atoms with E-state index in [-0.39, 0.29) is 23.5 Å². The quantitative estimate of drug-likeness (QED) is 0.659. The van der Waals surface area contributed by atoms with E-state index in [2.05, 4.69) is 10.6 Å². The summed E-state index contributed by atoms with van der Waals surface area (Å²) in [6, 6.07) is 0.209. The number of nitrogens with zero attached hydrogens (tertiary/aromatic N) is 1. The summed E-state index contributed by atoms with van der Waals surface area (Å²) in [7, 11) is -0.990. The van der Waals surface area contributed by atoms with Crippen LogP contribution in [0.4, 0.5) is 0 Å². The topological polar surface area (TPSA) is 78.5 Å². The van der Waals surface area contributed by atoms with E-state index in [1.165, 1.54) is 0 Å². The van der Waals surface area contributed by atoms with Crippen molar-refractivity contribution in [3.8, 4) is 0 Å². The van der Waals surface area contributed by atoms with Crippen molar-refractivity contribution in [1.82, 2.24) is 15.5 Å². The molecule has 2 aliphatic heterocycles. The van der Waals surface area contributed by atoms with Gasteiger partial charge in [-0.15, -0.1) is 0 Å². The minimum absolute atomic E-state index is 0.0773. The molecule has 1 amide bonds. The summed E-state index contributed by atoms with van der Waals surface area (Å²) in [6.07, 6.45) is 1.60. The van der Waals surface area contributed by atoms with Crippen molar-refractivity contribution >= 4 is 15.7 Å². The monoisotopic (exact) mass is 275 g/mol. The Morgan fingerprint density at radius 1 is 1.44 bits per heavy atom. The maximum Gasteiger partial charge on any atom is 0.234 e. The Labute approximate surface area is 108 Å². The molecule has 2 saturated heterocycles. The zero-order valence-electron chi connectivity index (χ0n) is 10.7. The van der Waals surface area contributed by atoms with Crippen LogP contribution in [-0.4, -0.2) is 69.5 Å². The molecule has 2 fully saturated rings. The molecule has 0 aromatic heterocycles. The minimum Gasteiger partial charge on any atom is -0.351 e. The highest BCUT2D eigenvalue weighted by Crippen LogP contribution is 2.11. The number of hydrogen-bond donors (Lipinski definition) is 2. The maximum atomic E-state index is 11.8. The van der Waals surface area contributed by atoms with E-state index in [1.807, 2.05) is 11.9 Å². The van der Waals surface area contributed by atoms with Crippen molar-refractivity contribution in [2.75, 3.05) is 38.2 Å². The lowest BCUT2D eigenvalue weighted by Crippen LogP contribution is -2.45. The van der Waals surface area contributed by atoms with Crippen LogP contribution in [0.2, 0.25) is 0 Å². The molecule has 2 unspecified atom stereocenters. The van der Waals surface area contributed by atoms with Gasteiger partial charge in [0.2, 0.25) is 5.91 Å². The van der Waals surface area contributed by atoms with Gasteiger partial charge in [0.05, 0.1) is 18.1 Å². The summed E-state index contributed by atoms with van der Waals surface area (Å²) in [5, 5.41) is 6.07. The van der Waals surface area contributed by atoms with Gasteiger partial charge >= 0.3 is 0 Å². The second-order valence-corrected chi connectivity index (χ2v) is 7.46. The third kappa shape index (κ3) is 3.66. The van der Waals surface area contributed by atoms with Gasteiger partial charge in [0.15, 0.2) is 9.84 Å². The molecule has 0 bridgehead atoms. The lowest BCUT2D eigenvalue weighted by atomic mass is 10.2. The van der Waals surface area contributed by atoms with E-state index in [0.717, 1.165) is 19.5 Å². The molecule has 0 radical (unpaired) electrons. The number of rotatable bonds is 4. The fraction of sp³-hybridized carbons (Fsp3) is 0.909. The third-order valence-corrected chi connectivity index (χ3v) is 5.42. The third-order valence-electron chi connectivity index (χ3n) is 3.65.